The van der Waals surface area contributed by atoms with E-state index in [1.54, 1.807) is 12.1 Å². The number of carboxylic acid groups (broad SMARTS) is 1. The topological polar surface area (TPSA) is 83.5 Å². The summed E-state index contributed by atoms with van der Waals surface area (Å²) in [5.74, 6) is 0.00615. The van der Waals surface area contributed by atoms with Gasteiger partial charge in [-0.05, 0) is 55.4 Å². The Balaban J connectivity index is 1.75. The fourth-order valence-electron chi connectivity index (χ4n) is 3.07. The zero-order valence-electron chi connectivity index (χ0n) is 12.9. The van der Waals surface area contributed by atoms with Crippen molar-refractivity contribution in [2.75, 3.05) is 6.54 Å². The van der Waals surface area contributed by atoms with E-state index in [0.717, 1.165) is 32.1 Å². The van der Waals surface area contributed by atoms with Gasteiger partial charge in [-0.2, -0.15) is 0 Å². The van der Waals surface area contributed by atoms with Crippen molar-refractivity contribution in [3.05, 3.63) is 29.3 Å². The van der Waals surface area contributed by atoms with Crippen LogP contribution in [-0.4, -0.2) is 26.0 Å². The molecule has 2 N–H and O–H groups in total. The zero-order valence-corrected chi connectivity index (χ0v) is 14.4. The monoisotopic (exact) mass is 359 g/mol. The Bertz CT molecular complexity index is 622. The maximum absolute atomic E-state index is 12.1. The molecule has 0 heterocycles. The molecule has 1 aromatic carbocycles. The number of halogens is 1. The van der Waals surface area contributed by atoms with Gasteiger partial charge in [0.05, 0.1) is 4.90 Å². The molecule has 0 bridgehead atoms. The molecular weight excluding hydrogens is 338 g/mol. The zero-order chi connectivity index (χ0) is 16.9. The van der Waals surface area contributed by atoms with E-state index < -0.39 is 16.0 Å². The van der Waals surface area contributed by atoms with Crippen molar-refractivity contribution in [2.45, 2.75) is 43.4 Å². The molecule has 0 unspecified atom stereocenters. The molecule has 0 aliphatic heterocycles. The molecule has 0 amide bonds. The predicted molar refractivity (Wildman–Crippen MR) is 89.0 cm³/mol. The van der Waals surface area contributed by atoms with E-state index in [1.165, 1.54) is 12.1 Å². The van der Waals surface area contributed by atoms with E-state index in [9.17, 15) is 13.2 Å². The number of nitrogens with one attached hydrogen (secondary N) is 1. The Kier molecular flexibility index (Phi) is 6.44. The number of carbonyl (C=O) groups is 1. The molecule has 2 rings (SSSR count). The number of benzene rings is 1. The second-order valence-corrected chi connectivity index (χ2v) is 8.33. The van der Waals surface area contributed by atoms with Crippen molar-refractivity contribution >= 4 is 27.6 Å². The average molecular weight is 360 g/mol. The lowest BCUT2D eigenvalue weighted by molar-refractivity contribution is -0.138. The van der Waals surface area contributed by atoms with Crippen molar-refractivity contribution < 1.29 is 18.3 Å². The van der Waals surface area contributed by atoms with E-state index in [-0.39, 0.29) is 17.2 Å². The number of aliphatic carboxylic acids is 1. The minimum absolute atomic E-state index is 0.215. The molecule has 1 aliphatic rings. The molecule has 0 radical (unpaired) electrons. The predicted octanol–water partition coefficient (Wildman–Crippen LogP) is 3.29. The number of hydrogen-bond donors (Lipinski definition) is 2. The standard InChI is InChI=1S/C16H22ClNO4S/c17-14-5-7-15(8-6-14)23(21,22)18-10-9-12-1-3-13(4-2-12)11-16(19)20/h5-8,12-13,18H,1-4,9-11H2,(H,19,20). The van der Waals surface area contributed by atoms with Crippen LogP contribution in [0.15, 0.2) is 29.2 Å². The molecule has 5 nitrogen and oxygen atoms in total. The van der Waals surface area contributed by atoms with Gasteiger partial charge >= 0.3 is 5.97 Å². The van der Waals surface area contributed by atoms with Crippen LogP contribution in [0.25, 0.3) is 0 Å². The second kappa shape index (κ2) is 8.13. The van der Waals surface area contributed by atoms with Crippen LogP contribution in [0.3, 0.4) is 0 Å². The molecule has 1 fully saturated rings. The number of sulfonamides is 1. The SMILES string of the molecule is O=C(O)CC1CCC(CCNS(=O)(=O)c2ccc(Cl)cc2)CC1. The van der Waals surface area contributed by atoms with Gasteiger partial charge in [0.1, 0.15) is 0 Å². The molecule has 1 saturated carbocycles. The van der Waals surface area contributed by atoms with Crippen LogP contribution in [0.2, 0.25) is 5.02 Å². The first kappa shape index (κ1) is 18.2. The highest BCUT2D eigenvalue weighted by molar-refractivity contribution is 7.89. The molecule has 0 atom stereocenters. The fourth-order valence-corrected chi connectivity index (χ4v) is 4.24. The van der Waals surface area contributed by atoms with E-state index in [1.807, 2.05) is 0 Å². The molecule has 7 heteroatoms. The van der Waals surface area contributed by atoms with Crippen LogP contribution in [0.1, 0.15) is 38.5 Å². The van der Waals surface area contributed by atoms with E-state index in [4.69, 9.17) is 16.7 Å². The van der Waals surface area contributed by atoms with Gasteiger partial charge in [-0.15, -0.1) is 0 Å². The summed E-state index contributed by atoms with van der Waals surface area (Å²) in [5, 5.41) is 9.30. The molecular formula is C16H22ClNO4S. The number of hydrogen-bond acceptors (Lipinski definition) is 3. The molecule has 23 heavy (non-hydrogen) atoms. The van der Waals surface area contributed by atoms with Gasteiger partial charge in [0.2, 0.25) is 10.0 Å². The van der Waals surface area contributed by atoms with Crippen molar-refractivity contribution in [3.63, 3.8) is 0 Å². The first-order chi connectivity index (χ1) is 10.9. The minimum Gasteiger partial charge on any atom is -0.481 e. The van der Waals surface area contributed by atoms with Gasteiger partial charge in [0.15, 0.2) is 0 Å². The Morgan fingerprint density at radius 1 is 1.13 bits per heavy atom. The van der Waals surface area contributed by atoms with Crippen molar-refractivity contribution in [1.82, 2.24) is 4.72 Å². The average Bonchev–Trinajstić information content (AvgIpc) is 2.49. The Labute approximate surface area is 142 Å². The van der Waals surface area contributed by atoms with E-state index in [2.05, 4.69) is 4.72 Å². The first-order valence-electron chi connectivity index (χ1n) is 7.84. The molecule has 0 saturated heterocycles. The van der Waals surface area contributed by atoms with E-state index in [0.29, 0.717) is 17.5 Å². The van der Waals surface area contributed by atoms with Gasteiger partial charge in [-0.1, -0.05) is 24.4 Å². The summed E-state index contributed by atoms with van der Waals surface area (Å²) in [6.45, 7) is 0.402. The Morgan fingerprint density at radius 3 is 2.26 bits per heavy atom. The summed E-state index contributed by atoms with van der Waals surface area (Å²) in [7, 11) is -3.49. The second-order valence-electron chi connectivity index (χ2n) is 6.12. The van der Waals surface area contributed by atoms with Crippen LogP contribution in [0.5, 0.6) is 0 Å². The fraction of sp³-hybridized carbons (Fsp3) is 0.562. The number of carboxylic acids is 1. The maximum Gasteiger partial charge on any atom is 0.303 e. The molecule has 0 aromatic heterocycles. The van der Waals surface area contributed by atoms with Crippen molar-refractivity contribution in [1.29, 1.82) is 0 Å². The number of rotatable bonds is 7. The maximum atomic E-state index is 12.1. The van der Waals surface area contributed by atoms with Crippen LogP contribution in [0.4, 0.5) is 0 Å². The smallest absolute Gasteiger partial charge is 0.303 e. The summed E-state index contributed by atoms with van der Waals surface area (Å²) in [6.07, 6.45) is 4.81. The highest BCUT2D eigenvalue weighted by atomic mass is 35.5. The Hall–Kier alpha value is -1.11. The first-order valence-corrected chi connectivity index (χ1v) is 9.70. The molecule has 128 valence electrons. The Morgan fingerprint density at radius 2 is 1.70 bits per heavy atom. The summed E-state index contributed by atoms with van der Waals surface area (Å²) in [4.78, 5) is 10.9. The van der Waals surface area contributed by atoms with Gasteiger partial charge in [-0.3, -0.25) is 4.79 Å². The highest BCUT2D eigenvalue weighted by Crippen LogP contribution is 2.32. The summed E-state index contributed by atoms with van der Waals surface area (Å²) >= 11 is 5.76. The third-order valence-electron chi connectivity index (χ3n) is 4.40. The van der Waals surface area contributed by atoms with Crippen LogP contribution < -0.4 is 4.72 Å². The van der Waals surface area contributed by atoms with Gasteiger partial charge in [0.25, 0.3) is 0 Å². The highest BCUT2D eigenvalue weighted by Gasteiger charge is 2.23. The quantitative estimate of drug-likeness (QED) is 0.782. The minimum atomic E-state index is -3.49. The third kappa shape index (κ3) is 5.79. The van der Waals surface area contributed by atoms with Crippen LogP contribution >= 0.6 is 11.6 Å². The largest absolute Gasteiger partial charge is 0.481 e. The molecule has 1 aromatic rings. The van der Waals surface area contributed by atoms with Crippen LogP contribution in [-0.2, 0) is 14.8 Å². The lowest BCUT2D eigenvalue weighted by atomic mass is 9.79. The lowest BCUT2D eigenvalue weighted by Crippen LogP contribution is -2.27. The summed E-state index contributed by atoms with van der Waals surface area (Å²) < 4.78 is 26.9. The van der Waals surface area contributed by atoms with Gasteiger partial charge in [-0.25, -0.2) is 13.1 Å². The third-order valence-corrected chi connectivity index (χ3v) is 6.13. The summed E-state index contributed by atoms with van der Waals surface area (Å²) in [6, 6.07) is 6.09. The lowest BCUT2D eigenvalue weighted by Gasteiger charge is -2.27. The summed E-state index contributed by atoms with van der Waals surface area (Å²) in [5.41, 5.74) is 0. The normalized spacial score (nSPS) is 22.0. The van der Waals surface area contributed by atoms with E-state index >= 15 is 0 Å². The van der Waals surface area contributed by atoms with Crippen molar-refractivity contribution in [3.8, 4) is 0 Å². The molecule has 0 spiro atoms. The van der Waals surface area contributed by atoms with Crippen molar-refractivity contribution in [2.24, 2.45) is 11.8 Å². The molecule has 1 aliphatic carbocycles. The van der Waals surface area contributed by atoms with Crippen LogP contribution in [0, 0.1) is 11.8 Å². The van der Waals surface area contributed by atoms with Gasteiger partial charge < -0.3 is 5.11 Å². The van der Waals surface area contributed by atoms with Gasteiger partial charge in [0, 0.05) is 18.0 Å².